The predicted molar refractivity (Wildman–Crippen MR) is 250 cm³/mol. The first-order valence-electron chi connectivity index (χ1n) is 20.2. The summed E-state index contributed by atoms with van der Waals surface area (Å²) in [7, 11) is 5.02. The van der Waals surface area contributed by atoms with Gasteiger partial charge in [0.2, 0.25) is 0 Å². The molecule has 0 N–H and O–H groups in total. The Bertz CT molecular complexity index is 2430. The van der Waals surface area contributed by atoms with Gasteiger partial charge in [-0.15, -0.1) is 0 Å². The van der Waals surface area contributed by atoms with Gasteiger partial charge in [-0.2, -0.15) is 0 Å². The molecule has 0 saturated carbocycles. The van der Waals surface area contributed by atoms with Gasteiger partial charge in [-0.3, -0.25) is 0 Å². The molecule has 0 spiro atoms. The lowest BCUT2D eigenvalue weighted by Gasteiger charge is -2.18. The van der Waals surface area contributed by atoms with E-state index in [0.717, 1.165) is 56.5 Å². The lowest BCUT2D eigenvalue weighted by molar-refractivity contribution is -0.462. The molecule has 0 atom stereocenters. The van der Waals surface area contributed by atoms with Crippen molar-refractivity contribution in [3.8, 4) is 0 Å². The van der Waals surface area contributed by atoms with Gasteiger partial charge in [0.05, 0.1) is 0 Å². The Morgan fingerprint density at radius 1 is 0.419 bits per heavy atom. The molecule has 0 radical (unpaired) electrons. The summed E-state index contributed by atoms with van der Waals surface area (Å²) in [4.78, 5) is 0. The van der Waals surface area contributed by atoms with Gasteiger partial charge in [-0.05, 0) is 94.2 Å². The van der Waals surface area contributed by atoms with Gasteiger partial charge < -0.3 is 23.8 Å². The fourth-order valence-corrected chi connectivity index (χ4v) is 6.42. The zero-order valence-corrected chi connectivity index (χ0v) is 35.3. The van der Waals surface area contributed by atoms with Crippen LogP contribution in [0, 0.1) is 0 Å². The van der Waals surface area contributed by atoms with Gasteiger partial charge in [0.15, 0.2) is 11.4 Å². The Morgan fingerprint density at radius 2 is 0.710 bits per heavy atom. The van der Waals surface area contributed by atoms with Gasteiger partial charge in [-0.1, -0.05) is 133 Å². The van der Waals surface area contributed by atoms with Crippen molar-refractivity contribution in [1.29, 1.82) is 0 Å². The lowest BCUT2D eigenvalue weighted by atomic mass is 10.0. The van der Waals surface area contributed by atoms with E-state index in [2.05, 4.69) is 167 Å². The van der Waals surface area contributed by atoms with E-state index in [1.165, 1.54) is 22.6 Å². The molecular formula is C54H48BFN2O4. The van der Waals surface area contributed by atoms with Gasteiger partial charge >= 0.3 is 0 Å². The highest BCUT2D eigenvalue weighted by Crippen LogP contribution is 2.33. The third-order valence-electron chi connectivity index (χ3n) is 9.65. The highest BCUT2D eigenvalue weighted by atomic mass is 19.1. The Labute approximate surface area is 364 Å². The first-order valence-corrected chi connectivity index (χ1v) is 20.2. The normalized spacial score (nSPS) is 16.3. The maximum Gasteiger partial charge on any atom is 0.199 e. The Hall–Kier alpha value is -7.39. The second-order valence-electron chi connectivity index (χ2n) is 14.6. The molecule has 0 fully saturated rings. The van der Waals surface area contributed by atoms with Crippen molar-refractivity contribution in [3.05, 3.63) is 263 Å². The molecule has 4 aromatic rings. The van der Waals surface area contributed by atoms with Gasteiger partial charge in [0, 0.05) is 35.4 Å². The second-order valence-corrected chi connectivity index (χ2v) is 14.6. The fraction of sp³-hybridized carbons (Fsp3) is 0.0741. The number of halogens is 1. The first-order chi connectivity index (χ1) is 30.1. The van der Waals surface area contributed by atoms with E-state index in [1.807, 2.05) is 88.9 Å². The molecule has 2 aliphatic carbocycles. The largest absolute Gasteiger partial charge is 0.867 e. The summed E-state index contributed by atoms with van der Waals surface area (Å²) in [6, 6.07) is 41.2. The zero-order valence-electron chi connectivity index (χ0n) is 35.3. The van der Waals surface area contributed by atoms with E-state index < -0.39 is 7.40 Å². The molecule has 0 unspecified atom stereocenters. The number of ether oxygens (including phenoxy) is 2. The van der Waals surface area contributed by atoms with E-state index in [-0.39, 0.29) is 0 Å². The number of nitrogens with zero attached hydrogens (tertiary/aromatic N) is 2. The van der Waals surface area contributed by atoms with Crippen molar-refractivity contribution in [2.75, 3.05) is 28.2 Å². The molecule has 0 saturated heterocycles. The standard InChI is InChI=1S/2C27H24NO.BFO2/c2*1-28(2)25-16-13-21(14-17-25)15-18-26-19-24(22-9-5-3-6-10-22)20-27(29-26)23-11-7-4-8-12-23;2-1(3)4/h2*3-20H,1-2H3;/q2*+1;-2. The van der Waals surface area contributed by atoms with Crippen LogP contribution in [0.2, 0.25) is 0 Å². The highest BCUT2D eigenvalue weighted by Gasteiger charge is 2.15. The van der Waals surface area contributed by atoms with E-state index in [4.69, 9.17) is 19.5 Å². The fourth-order valence-electron chi connectivity index (χ4n) is 6.42. The molecule has 4 aromatic carbocycles. The SMILES string of the molecule is C[N+](C)=C1C=CC(=CC=C2C=C(c3ccccc3)C=C(c3ccccc3)O2)C=C1.C[N+](C)=C1C=CC(=CC=C2C=C(c3ccccc3)C=C(c3ccccc3)O2)C=C1.[O-]B([O-])F. The minimum absolute atomic E-state index is 0.821. The third-order valence-corrected chi connectivity index (χ3v) is 9.65. The van der Waals surface area contributed by atoms with Crippen LogP contribution >= 0.6 is 0 Å². The lowest BCUT2D eigenvalue weighted by Crippen LogP contribution is -2.39. The van der Waals surface area contributed by atoms with Crippen molar-refractivity contribution >= 4 is 41.5 Å². The van der Waals surface area contributed by atoms with Gasteiger partial charge in [-0.25, -0.2) is 9.15 Å². The summed E-state index contributed by atoms with van der Waals surface area (Å²) < 4.78 is 26.5. The van der Waals surface area contributed by atoms with Crippen molar-refractivity contribution < 1.29 is 33.0 Å². The number of allylic oxidation sites excluding steroid dienone is 20. The molecule has 0 bridgehead atoms. The average molecular weight is 819 g/mol. The van der Waals surface area contributed by atoms with Gasteiger partial charge in [0.25, 0.3) is 0 Å². The Balaban J connectivity index is 0.000000191. The van der Waals surface area contributed by atoms with Crippen LogP contribution in [0.15, 0.2) is 241 Å². The average Bonchev–Trinajstić information content (AvgIpc) is 3.31. The predicted octanol–water partition coefficient (Wildman–Crippen LogP) is 9.24. The molecule has 6 nitrogen and oxygen atoms in total. The molecule has 308 valence electrons. The minimum atomic E-state index is -3.17. The number of rotatable bonds is 6. The molecule has 62 heavy (non-hydrogen) atoms. The van der Waals surface area contributed by atoms with Crippen molar-refractivity contribution in [2.24, 2.45) is 0 Å². The first kappa shape index (κ1) is 44.2. The number of benzene rings is 4. The second kappa shape index (κ2) is 22.3. The number of hydrogen-bond donors (Lipinski definition) is 0. The van der Waals surface area contributed by atoms with Gasteiger partial charge in [0.1, 0.15) is 58.6 Å². The summed E-state index contributed by atoms with van der Waals surface area (Å²) in [5.41, 5.74) is 11.4. The quantitative estimate of drug-likeness (QED) is 0.144. The van der Waals surface area contributed by atoms with E-state index in [9.17, 15) is 4.32 Å². The maximum atomic E-state index is 9.89. The molecule has 0 aromatic heterocycles. The van der Waals surface area contributed by atoms with Crippen LogP contribution in [-0.4, -0.2) is 56.2 Å². The zero-order chi connectivity index (χ0) is 43.7. The van der Waals surface area contributed by atoms with Crippen molar-refractivity contribution in [2.45, 2.75) is 0 Å². The van der Waals surface area contributed by atoms with Crippen LogP contribution in [0.4, 0.5) is 4.32 Å². The van der Waals surface area contributed by atoms with Crippen LogP contribution < -0.4 is 10.0 Å². The van der Waals surface area contributed by atoms with Crippen molar-refractivity contribution in [3.63, 3.8) is 0 Å². The summed E-state index contributed by atoms with van der Waals surface area (Å²) in [5, 5.41) is 16.6. The molecule has 0 amide bonds. The Kier molecular flexibility index (Phi) is 15.9. The number of hydrogen-bond acceptors (Lipinski definition) is 4. The summed E-state index contributed by atoms with van der Waals surface area (Å²) in [6.07, 6.45) is 33.6. The van der Waals surface area contributed by atoms with Crippen LogP contribution in [0.5, 0.6) is 0 Å². The van der Waals surface area contributed by atoms with Crippen LogP contribution in [-0.2, 0) is 9.47 Å². The minimum Gasteiger partial charge on any atom is -0.867 e. The van der Waals surface area contributed by atoms with E-state index in [0.29, 0.717) is 0 Å². The maximum absolute atomic E-state index is 9.89. The smallest absolute Gasteiger partial charge is 0.199 e. The topological polar surface area (TPSA) is 70.6 Å². The summed E-state index contributed by atoms with van der Waals surface area (Å²) in [6.45, 7) is 0. The monoisotopic (exact) mass is 818 g/mol. The van der Waals surface area contributed by atoms with Crippen LogP contribution in [0.25, 0.3) is 22.7 Å². The summed E-state index contributed by atoms with van der Waals surface area (Å²) >= 11 is 0. The molecule has 2 aliphatic heterocycles. The van der Waals surface area contributed by atoms with Crippen LogP contribution in [0.1, 0.15) is 22.3 Å². The summed E-state index contributed by atoms with van der Waals surface area (Å²) in [5.74, 6) is 3.35. The third kappa shape index (κ3) is 13.3. The van der Waals surface area contributed by atoms with E-state index in [1.54, 1.807) is 0 Å². The Morgan fingerprint density at radius 3 is 1.00 bits per heavy atom. The van der Waals surface area contributed by atoms with Crippen LogP contribution in [0.3, 0.4) is 0 Å². The molecule has 8 rings (SSSR count). The molecule has 2 heterocycles. The molecular weight excluding hydrogens is 770 g/mol. The molecule has 4 aliphatic rings. The van der Waals surface area contributed by atoms with E-state index >= 15 is 0 Å². The molecule has 8 heteroatoms. The van der Waals surface area contributed by atoms with Crippen molar-refractivity contribution in [1.82, 2.24) is 0 Å². The highest BCUT2D eigenvalue weighted by molar-refractivity contribution is 6.27.